The van der Waals surface area contributed by atoms with Gasteiger partial charge < -0.3 is 5.11 Å². The van der Waals surface area contributed by atoms with Gasteiger partial charge in [-0.15, -0.1) is 5.10 Å². The Kier molecular flexibility index (Phi) is 3.29. The first-order chi connectivity index (χ1) is 8.54. The molecule has 2 rings (SSSR count). The highest BCUT2D eigenvalue weighted by Crippen LogP contribution is 2.20. The summed E-state index contributed by atoms with van der Waals surface area (Å²) >= 11 is 5.65. The SMILES string of the molecule is CCc1c(C(=O)O)nnn1-c1ccc(Cl)cc1F. The number of hydrogen-bond acceptors (Lipinski definition) is 3. The summed E-state index contributed by atoms with van der Waals surface area (Å²) in [6, 6.07) is 4.07. The van der Waals surface area contributed by atoms with Crippen molar-refractivity contribution in [2.75, 3.05) is 0 Å². The zero-order chi connectivity index (χ0) is 13.3. The van der Waals surface area contributed by atoms with Crippen LogP contribution in [-0.2, 0) is 6.42 Å². The number of hydrogen-bond donors (Lipinski definition) is 1. The van der Waals surface area contributed by atoms with Crippen molar-refractivity contribution in [3.05, 3.63) is 40.4 Å². The van der Waals surface area contributed by atoms with Crippen molar-refractivity contribution in [1.29, 1.82) is 0 Å². The highest BCUT2D eigenvalue weighted by molar-refractivity contribution is 6.30. The monoisotopic (exact) mass is 269 g/mol. The van der Waals surface area contributed by atoms with E-state index in [1.807, 2.05) is 0 Å². The minimum atomic E-state index is -1.19. The van der Waals surface area contributed by atoms with Gasteiger partial charge in [0.05, 0.1) is 5.69 Å². The smallest absolute Gasteiger partial charge is 0.358 e. The van der Waals surface area contributed by atoms with E-state index in [1.54, 1.807) is 6.92 Å². The van der Waals surface area contributed by atoms with E-state index in [1.165, 1.54) is 16.8 Å². The maximum atomic E-state index is 13.7. The van der Waals surface area contributed by atoms with Crippen LogP contribution in [0.3, 0.4) is 0 Å². The quantitative estimate of drug-likeness (QED) is 0.928. The summed E-state index contributed by atoms with van der Waals surface area (Å²) in [4.78, 5) is 10.9. The Morgan fingerprint density at radius 1 is 1.56 bits per heavy atom. The number of halogens is 2. The van der Waals surface area contributed by atoms with E-state index in [0.717, 1.165) is 6.07 Å². The molecule has 1 N–H and O–H groups in total. The molecule has 0 saturated heterocycles. The van der Waals surface area contributed by atoms with Gasteiger partial charge in [-0.25, -0.2) is 13.9 Å². The van der Waals surface area contributed by atoms with E-state index in [0.29, 0.717) is 12.1 Å². The van der Waals surface area contributed by atoms with Crippen molar-refractivity contribution < 1.29 is 14.3 Å². The van der Waals surface area contributed by atoms with Gasteiger partial charge in [0.25, 0.3) is 0 Å². The van der Waals surface area contributed by atoms with E-state index in [4.69, 9.17) is 16.7 Å². The lowest BCUT2D eigenvalue weighted by atomic mass is 10.2. The second-order valence-corrected chi connectivity index (χ2v) is 3.99. The topological polar surface area (TPSA) is 68.0 Å². The van der Waals surface area contributed by atoms with Crippen LogP contribution in [0.15, 0.2) is 18.2 Å². The summed E-state index contributed by atoms with van der Waals surface area (Å²) in [5.41, 5.74) is 0.284. The fourth-order valence-electron chi connectivity index (χ4n) is 1.63. The van der Waals surface area contributed by atoms with E-state index in [-0.39, 0.29) is 16.4 Å². The molecule has 0 fully saturated rings. The van der Waals surface area contributed by atoms with Gasteiger partial charge in [0, 0.05) is 5.02 Å². The lowest BCUT2D eigenvalue weighted by Gasteiger charge is -2.06. The largest absolute Gasteiger partial charge is 0.476 e. The van der Waals surface area contributed by atoms with Crippen LogP contribution in [0.4, 0.5) is 4.39 Å². The number of nitrogens with zero attached hydrogens (tertiary/aromatic N) is 3. The molecule has 1 heterocycles. The van der Waals surface area contributed by atoms with Crippen LogP contribution >= 0.6 is 11.6 Å². The van der Waals surface area contributed by atoms with Crippen molar-refractivity contribution in [1.82, 2.24) is 15.0 Å². The van der Waals surface area contributed by atoms with Gasteiger partial charge in [0.1, 0.15) is 11.5 Å². The molecule has 0 radical (unpaired) electrons. The van der Waals surface area contributed by atoms with E-state index in [2.05, 4.69) is 10.3 Å². The number of rotatable bonds is 3. The number of carboxylic acids is 1. The van der Waals surface area contributed by atoms with Crippen molar-refractivity contribution in [3.8, 4) is 5.69 Å². The van der Waals surface area contributed by atoms with Crippen molar-refractivity contribution in [2.24, 2.45) is 0 Å². The molecule has 7 heteroatoms. The summed E-state index contributed by atoms with van der Waals surface area (Å²) in [6.45, 7) is 1.75. The van der Waals surface area contributed by atoms with E-state index < -0.39 is 11.8 Å². The molecule has 0 unspecified atom stereocenters. The summed E-state index contributed by atoms with van der Waals surface area (Å²) in [6.07, 6.45) is 0.372. The third-order valence-electron chi connectivity index (χ3n) is 2.44. The zero-order valence-electron chi connectivity index (χ0n) is 9.39. The molecule has 0 aliphatic carbocycles. The molecule has 0 amide bonds. The van der Waals surface area contributed by atoms with Crippen LogP contribution < -0.4 is 0 Å². The van der Waals surface area contributed by atoms with E-state index >= 15 is 0 Å². The van der Waals surface area contributed by atoms with Gasteiger partial charge in [0.2, 0.25) is 0 Å². The van der Waals surface area contributed by atoms with Crippen LogP contribution in [0, 0.1) is 5.82 Å². The van der Waals surface area contributed by atoms with Crippen LogP contribution in [0.2, 0.25) is 5.02 Å². The van der Waals surface area contributed by atoms with E-state index in [9.17, 15) is 9.18 Å². The predicted octanol–water partition coefficient (Wildman–Crippen LogP) is 2.32. The van der Waals surface area contributed by atoms with Gasteiger partial charge in [-0.05, 0) is 24.6 Å². The van der Waals surface area contributed by atoms with Crippen LogP contribution in [-0.4, -0.2) is 26.1 Å². The molecular weight excluding hydrogens is 261 g/mol. The van der Waals surface area contributed by atoms with Gasteiger partial charge in [-0.1, -0.05) is 23.7 Å². The second kappa shape index (κ2) is 4.73. The molecule has 94 valence electrons. The molecule has 2 aromatic rings. The molecule has 0 spiro atoms. The molecule has 18 heavy (non-hydrogen) atoms. The summed E-state index contributed by atoms with van der Waals surface area (Å²) in [5.74, 6) is -1.77. The van der Waals surface area contributed by atoms with Gasteiger partial charge in [0.15, 0.2) is 5.69 Å². The minimum Gasteiger partial charge on any atom is -0.476 e. The number of carboxylic acid groups (broad SMARTS) is 1. The van der Waals surface area contributed by atoms with Crippen molar-refractivity contribution in [3.63, 3.8) is 0 Å². The molecule has 0 aliphatic heterocycles. The fraction of sp³-hybridized carbons (Fsp3) is 0.182. The number of aromatic carboxylic acids is 1. The standard InChI is InChI=1S/C11H9ClFN3O2/c1-2-8-10(11(17)18)14-15-16(8)9-4-3-6(12)5-7(9)13/h3-5H,2H2,1H3,(H,17,18). The zero-order valence-corrected chi connectivity index (χ0v) is 10.1. The Labute approximate surface area is 107 Å². The first-order valence-electron chi connectivity index (χ1n) is 5.18. The molecule has 1 aromatic heterocycles. The van der Waals surface area contributed by atoms with Crippen LogP contribution in [0.5, 0.6) is 0 Å². The second-order valence-electron chi connectivity index (χ2n) is 3.55. The molecule has 0 bridgehead atoms. The molecule has 1 aromatic carbocycles. The number of aromatic nitrogens is 3. The van der Waals surface area contributed by atoms with Gasteiger partial charge >= 0.3 is 5.97 Å². The lowest BCUT2D eigenvalue weighted by Crippen LogP contribution is -2.07. The molecule has 0 saturated carbocycles. The molecule has 5 nitrogen and oxygen atoms in total. The molecule has 0 aliphatic rings. The Morgan fingerprint density at radius 2 is 2.28 bits per heavy atom. The Morgan fingerprint density at radius 3 is 2.83 bits per heavy atom. The maximum Gasteiger partial charge on any atom is 0.358 e. The van der Waals surface area contributed by atoms with Gasteiger partial charge in [-0.3, -0.25) is 0 Å². The average molecular weight is 270 g/mol. The Balaban J connectivity index is 2.60. The van der Waals surface area contributed by atoms with Crippen molar-refractivity contribution >= 4 is 17.6 Å². The minimum absolute atomic E-state index is 0.122. The normalized spacial score (nSPS) is 10.6. The number of benzene rings is 1. The highest BCUT2D eigenvalue weighted by atomic mass is 35.5. The fourth-order valence-corrected chi connectivity index (χ4v) is 1.79. The predicted molar refractivity (Wildman–Crippen MR) is 62.7 cm³/mol. The third-order valence-corrected chi connectivity index (χ3v) is 2.67. The molecular formula is C11H9ClFN3O2. The maximum absolute atomic E-state index is 13.7. The van der Waals surface area contributed by atoms with Crippen LogP contribution in [0.1, 0.15) is 23.1 Å². The first kappa shape index (κ1) is 12.5. The Bertz CT molecular complexity index is 612. The van der Waals surface area contributed by atoms with Crippen LogP contribution in [0.25, 0.3) is 5.69 Å². The van der Waals surface area contributed by atoms with Gasteiger partial charge in [-0.2, -0.15) is 0 Å². The third kappa shape index (κ3) is 2.06. The summed E-state index contributed by atoms with van der Waals surface area (Å²) < 4.78 is 14.9. The summed E-state index contributed by atoms with van der Waals surface area (Å²) in [5, 5.41) is 16.4. The number of carbonyl (C=O) groups is 1. The lowest BCUT2D eigenvalue weighted by molar-refractivity contribution is 0.0689. The Hall–Kier alpha value is -1.95. The molecule has 0 atom stereocenters. The average Bonchev–Trinajstić information content (AvgIpc) is 2.72. The highest BCUT2D eigenvalue weighted by Gasteiger charge is 2.19. The van der Waals surface area contributed by atoms with Crippen molar-refractivity contribution in [2.45, 2.75) is 13.3 Å². The summed E-state index contributed by atoms with van der Waals surface area (Å²) in [7, 11) is 0. The first-order valence-corrected chi connectivity index (χ1v) is 5.55.